The van der Waals surface area contributed by atoms with E-state index in [9.17, 15) is 14.0 Å². The molecule has 6 heteroatoms. The third-order valence-electron chi connectivity index (χ3n) is 2.35. The minimum atomic E-state index is -1.84. The molecule has 0 amide bonds. The topological polar surface area (TPSA) is 98.4 Å². The third-order valence-corrected chi connectivity index (χ3v) is 2.35. The number of carboxylic acid groups (broad SMARTS) is 2. The zero-order valence-corrected chi connectivity index (χ0v) is 8.77. The van der Waals surface area contributed by atoms with Gasteiger partial charge in [-0.05, 0) is 24.1 Å². The Morgan fingerprint density at radius 1 is 1.35 bits per heavy atom. The number of hydrogen-bond donors (Lipinski definition) is 2. The summed E-state index contributed by atoms with van der Waals surface area (Å²) in [5.74, 6) is -5.89. The van der Waals surface area contributed by atoms with Crippen LogP contribution in [0, 0.1) is 24.1 Å². The number of hydrogen-bond acceptors (Lipinski definition) is 3. The molecule has 2 N–H and O–H groups in total. The Hall–Kier alpha value is -2.42. The number of halogens is 1. The fraction of sp³-hybridized carbons (Fsp3) is 0.182. The van der Waals surface area contributed by atoms with Crippen LogP contribution in [0.5, 0.6) is 0 Å². The van der Waals surface area contributed by atoms with E-state index in [-0.39, 0.29) is 16.7 Å². The van der Waals surface area contributed by atoms with Gasteiger partial charge in [0.2, 0.25) is 0 Å². The standard InChI is InChI=1S/C11H8FNO4/c1-5-7(8(10(14)15)11(16)17)3-2-6(4-13)9(5)12/h2-3,8H,1H3,(H,14,15)(H,16,17). The minimum Gasteiger partial charge on any atom is -0.480 e. The molecule has 88 valence electrons. The summed E-state index contributed by atoms with van der Waals surface area (Å²) < 4.78 is 13.5. The van der Waals surface area contributed by atoms with E-state index >= 15 is 0 Å². The fourth-order valence-corrected chi connectivity index (χ4v) is 1.47. The summed E-state index contributed by atoms with van der Waals surface area (Å²) in [6, 6.07) is 3.80. The quantitative estimate of drug-likeness (QED) is 0.771. The van der Waals surface area contributed by atoms with Crippen molar-refractivity contribution in [3.8, 4) is 6.07 Å². The molecule has 1 aromatic carbocycles. The Kier molecular flexibility index (Phi) is 3.43. The van der Waals surface area contributed by atoms with Gasteiger partial charge < -0.3 is 10.2 Å². The molecule has 0 saturated heterocycles. The summed E-state index contributed by atoms with van der Waals surface area (Å²) in [6.07, 6.45) is 0. The van der Waals surface area contributed by atoms with Crippen molar-refractivity contribution in [1.82, 2.24) is 0 Å². The van der Waals surface area contributed by atoms with Gasteiger partial charge in [0.15, 0.2) is 5.92 Å². The monoisotopic (exact) mass is 237 g/mol. The van der Waals surface area contributed by atoms with E-state index in [4.69, 9.17) is 15.5 Å². The second-order valence-electron chi connectivity index (χ2n) is 3.36. The molecule has 0 unspecified atom stereocenters. The Morgan fingerprint density at radius 3 is 2.29 bits per heavy atom. The van der Waals surface area contributed by atoms with Crippen LogP contribution in [-0.4, -0.2) is 22.2 Å². The van der Waals surface area contributed by atoms with Crippen molar-refractivity contribution in [2.24, 2.45) is 0 Å². The van der Waals surface area contributed by atoms with E-state index < -0.39 is 23.7 Å². The molecule has 0 bridgehead atoms. The van der Waals surface area contributed by atoms with Crippen molar-refractivity contribution < 1.29 is 24.2 Å². The highest BCUT2D eigenvalue weighted by atomic mass is 19.1. The van der Waals surface area contributed by atoms with Crippen LogP contribution in [-0.2, 0) is 9.59 Å². The highest BCUT2D eigenvalue weighted by Crippen LogP contribution is 2.24. The lowest BCUT2D eigenvalue weighted by Crippen LogP contribution is -2.22. The zero-order chi connectivity index (χ0) is 13.2. The molecule has 0 heterocycles. The molecule has 17 heavy (non-hydrogen) atoms. The highest BCUT2D eigenvalue weighted by Gasteiger charge is 2.30. The maximum atomic E-state index is 13.5. The number of nitriles is 1. The van der Waals surface area contributed by atoms with Crippen LogP contribution >= 0.6 is 0 Å². The number of carboxylic acids is 2. The first-order valence-electron chi connectivity index (χ1n) is 4.54. The van der Waals surface area contributed by atoms with Gasteiger partial charge in [-0.25, -0.2) is 4.39 Å². The lowest BCUT2D eigenvalue weighted by molar-refractivity contribution is -0.150. The van der Waals surface area contributed by atoms with Crippen LogP contribution in [0.1, 0.15) is 22.6 Å². The van der Waals surface area contributed by atoms with Crippen molar-refractivity contribution in [2.75, 3.05) is 0 Å². The number of rotatable bonds is 3. The predicted molar refractivity (Wildman–Crippen MR) is 53.9 cm³/mol. The number of benzene rings is 1. The van der Waals surface area contributed by atoms with Gasteiger partial charge in [-0.15, -0.1) is 0 Å². The molecule has 0 aliphatic carbocycles. The first-order valence-corrected chi connectivity index (χ1v) is 4.54. The van der Waals surface area contributed by atoms with Crippen molar-refractivity contribution in [3.63, 3.8) is 0 Å². The molecule has 0 fully saturated rings. The van der Waals surface area contributed by atoms with Crippen molar-refractivity contribution in [1.29, 1.82) is 5.26 Å². The highest BCUT2D eigenvalue weighted by molar-refractivity contribution is 5.99. The van der Waals surface area contributed by atoms with E-state index in [1.54, 1.807) is 6.07 Å². The molecule has 0 aliphatic rings. The van der Waals surface area contributed by atoms with Crippen LogP contribution in [0.3, 0.4) is 0 Å². The molecule has 0 spiro atoms. The van der Waals surface area contributed by atoms with Gasteiger partial charge >= 0.3 is 11.9 Å². The van der Waals surface area contributed by atoms with Gasteiger partial charge in [0.1, 0.15) is 11.9 Å². The van der Waals surface area contributed by atoms with Gasteiger partial charge in [-0.3, -0.25) is 9.59 Å². The SMILES string of the molecule is Cc1c(C(C(=O)O)C(=O)O)ccc(C#N)c1F. The molecule has 0 radical (unpaired) electrons. The second-order valence-corrected chi connectivity index (χ2v) is 3.36. The second kappa shape index (κ2) is 4.61. The molecule has 0 saturated carbocycles. The Labute approximate surface area is 95.7 Å². The van der Waals surface area contributed by atoms with Crippen LogP contribution in [0.4, 0.5) is 4.39 Å². The summed E-state index contributed by atoms with van der Waals surface area (Å²) >= 11 is 0. The van der Waals surface area contributed by atoms with Gasteiger partial charge in [-0.2, -0.15) is 5.26 Å². The van der Waals surface area contributed by atoms with E-state index in [0.29, 0.717) is 0 Å². The van der Waals surface area contributed by atoms with E-state index in [2.05, 4.69) is 0 Å². The van der Waals surface area contributed by atoms with E-state index in [1.165, 1.54) is 6.92 Å². The molecule has 0 aromatic heterocycles. The smallest absolute Gasteiger partial charge is 0.322 e. The van der Waals surface area contributed by atoms with Crippen molar-refractivity contribution in [3.05, 3.63) is 34.6 Å². The lowest BCUT2D eigenvalue weighted by Gasteiger charge is -2.12. The van der Waals surface area contributed by atoms with Crippen LogP contribution in [0.15, 0.2) is 12.1 Å². The average molecular weight is 237 g/mol. The first kappa shape index (κ1) is 12.6. The Bertz CT molecular complexity index is 519. The third kappa shape index (κ3) is 2.23. The van der Waals surface area contributed by atoms with E-state index in [1.807, 2.05) is 0 Å². The molecule has 1 aromatic rings. The average Bonchev–Trinajstić information content (AvgIpc) is 2.24. The molecule has 0 aliphatic heterocycles. The molecule has 1 rings (SSSR count). The number of nitrogens with zero attached hydrogens (tertiary/aromatic N) is 1. The Balaban J connectivity index is 3.43. The van der Waals surface area contributed by atoms with Crippen LogP contribution in [0.2, 0.25) is 0 Å². The summed E-state index contributed by atoms with van der Waals surface area (Å²) in [4.78, 5) is 21.6. The van der Waals surface area contributed by atoms with Gasteiger partial charge in [0, 0.05) is 0 Å². The number of carbonyl (C=O) groups is 2. The van der Waals surface area contributed by atoms with Gasteiger partial charge in [-0.1, -0.05) is 6.07 Å². The first-order chi connectivity index (χ1) is 7.90. The predicted octanol–water partition coefficient (Wildman–Crippen LogP) is 1.26. The molecular formula is C11H8FNO4. The normalized spacial score (nSPS) is 10.0. The van der Waals surface area contributed by atoms with Crippen molar-refractivity contribution in [2.45, 2.75) is 12.8 Å². The molecule has 5 nitrogen and oxygen atoms in total. The van der Waals surface area contributed by atoms with Crippen LogP contribution < -0.4 is 0 Å². The maximum Gasteiger partial charge on any atom is 0.322 e. The lowest BCUT2D eigenvalue weighted by atomic mass is 9.93. The summed E-state index contributed by atoms with van der Waals surface area (Å²) in [5, 5.41) is 26.1. The fourth-order valence-electron chi connectivity index (χ4n) is 1.47. The van der Waals surface area contributed by atoms with Gasteiger partial charge in [0.05, 0.1) is 5.56 Å². The maximum absolute atomic E-state index is 13.5. The zero-order valence-electron chi connectivity index (χ0n) is 8.77. The summed E-state index contributed by atoms with van der Waals surface area (Å²) in [7, 11) is 0. The molecule has 0 atom stereocenters. The summed E-state index contributed by atoms with van der Waals surface area (Å²) in [5.41, 5.74) is -0.555. The minimum absolute atomic E-state index is 0.140. The van der Waals surface area contributed by atoms with E-state index in [0.717, 1.165) is 12.1 Å². The largest absolute Gasteiger partial charge is 0.480 e. The van der Waals surface area contributed by atoms with Crippen LogP contribution in [0.25, 0.3) is 0 Å². The van der Waals surface area contributed by atoms with Gasteiger partial charge in [0.25, 0.3) is 0 Å². The Morgan fingerprint density at radius 2 is 1.88 bits per heavy atom. The van der Waals surface area contributed by atoms with Crippen molar-refractivity contribution >= 4 is 11.9 Å². The molecular weight excluding hydrogens is 229 g/mol. The summed E-state index contributed by atoms with van der Waals surface area (Å²) in [6.45, 7) is 1.24. The number of aliphatic carboxylic acids is 2.